The average molecular weight is 267 g/mol. The van der Waals surface area contributed by atoms with Gasteiger partial charge < -0.3 is 10.2 Å². The van der Waals surface area contributed by atoms with Crippen molar-refractivity contribution in [1.82, 2.24) is 10.2 Å². The van der Waals surface area contributed by atoms with E-state index in [4.69, 9.17) is 11.6 Å². The summed E-state index contributed by atoms with van der Waals surface area (Å²) in [5.74, 6) is 0.262. The first kappa shape index (κ1) is 13.4. The van der Waals surface area contributed by atoms with Gasteiger partial charge in [0.2, 0.25) is 5.91 Å². The highest BCUT2D eigenvalue weighted by Crippen LogP contribution is 2.16. The smallest absolute Gasteiger partial charge is 0.225 e. The fourth-order valence-corrected chi connectivity index (χ4v) is 2.51. The molecular weight excluding hydrogens is 248 g/mol. The number of carbonyl (C=O) groups is 1. The Morgan fingerprint density at radius 2 is 2.17 bits per heavy atom. The summed E-state index contributed by atoms with van der Waals surface area (Å²) in [6.07, 6.45) is 0.753. The van der Waals surface area contributed by atoms with Gasteiger partial charge in [-0.25, -0.2) is 0 Å². The van der Waals surface area contributed by atoms with Gasteiger partial charge in [0.1, 0.15) is 0 Å². The lowest BCUT2D eigenvalue weighted by Crippen LogP contribution is -2.48. The number of benzene rings is 1. The van der Waals surface area contributed by atoms with E-state index in [-0.39, 0.29) is 11.8 Å². The second-order valence-corrected chi connectivity index (χ2v) is 5.25. The molecule has 1 aliphatic heterocycles. The summed E-state index contributed by atoms with van der Waals surface area (Å²) in [6.45, 7) is 5.42. The van der Waals surface area contributed by atoms with E-state index in [1.807, 2.05) is 36.1 Å². The summed E-state index contributed by atoms with van der Waals surface area (Å²) in [7, 11) is 0. The van der Waals surface area contributed by atoms with Crippen LogP contribution in [0.4, 0.5) is 0 Å². The maximum absolute atomic E-state index is 12.3. The molecule has 1 amide bonds. The van der Waals surface area contributed by atoms with Crippen molar-refractivity contribution in [3.63, 3.8) is 0 Å². The Morgan fingerprint density at radius 1 is 1.44 bits per heavy atom. The lowest BCUT2D eigenvalue weighted by molar-refractivity contribution is -0.135. The number of carbonyl (C=O) groups excluding carboxylic acids is 1. The lowest BCUT2D eigenvalue weighted by atomic mass is 9.99. The molecule has 0 radical (unpaired) electrons. The third-order valence-corrected chi connectivity index (χ3v) is 3.52. The average Bonchev–Trinajstić information content (AvgIpc) is 2.39. The summed E-state index contributed by atoms with van der Waals surface area (Å²) < 4.78 is 0. The second kappa shape index (κ2) is 6.21. The van der Waals surface area contributed by atoms with Crippen LogP contribution in [0.3, 0.4) is 0 Å². The van der Waals surface area contributed by atoms with E-state index in [0.29, 0.717) is 0 Å². The molecule has 1 fully saturated rings. The SMILES string of the molecule is CC(Cc1cccc(Cl)c1)C(=O)N1CCNCC1. The Balaban J connectivity index is 1.94. The first-order valence-electron chi connectivity index (χ1n) is 6.41. The Kier molecular flexibility index (Phi) is 4.61. The minimum atomic E-state index is 0.0153. The van der Waals surface area contributed by atoms with Crippen molar-refractivity contribution in [2.45, 2.75) is 13.3 Å². The molecule has 18 heavy (non-hydrogen) atoms. The minimum absolute atomic E-state index is 0.0153. The number of nitrogens with one attached hydrogen (secondary N) is 1. The van der Waals surface area contributed by atoms with Crippen molar-refractivity contribution in [1.29, 1.82) is 0 Å². The van der Waals surface area contributed by atoms with Gasteiger partial charge in [-0.05, 0) is 24.1 Å². The van der Waals surface area contributed by atoms with Gasteiger partial charge in [0.05, 0.1) is 0 Å². The van der Waals surface area contributed by atoms with Crippen LogP contribution in [-0.4, -0.2) is 37.0 Å². The van der Waals surface area contributed by atoms with Crippen LogP contribution >= 0.6 is 11.6 Å². The summed E-state index contributed by atoms with van der Waals surface area (Å²) in [6, 6.07) is 7.74. The van der Waals surface area contributed by atoms with Crippen molar-refractivity contribution in [3.8, 4) is 0 Å². The van der Waals surface area contributed by atoms with Crippen molar-refractivity contribution in [2.75, 3.05) is 26.2 Å². The largest absolute Gasteiger partial charge is 0.340 e. The Bertz CT molecular complexity index is 416. The Labute approximate surface area is 113 Å². The molecule has 1 heterocycles. The molecular formula is C14H19ClN2O. The number of piperazine rings is 1. The third-order valence-electron chi connectivity index (χ3n) is 3.28. The van der Waals surface area contributed by atoms with Crippen LogP contribution in [0.15, 0.2) is 24.3 Å². The second-order valence-electron chi connectivity index (χ2n) is 4.81. The van der Waals surface area contributed by atoms with Gasteiger partial charge in [-0.15, -0.1) is 0 Å². The van der Waals surface area contributed by atoms with Crippen LogP contribution in [0.5, 0.6) is 0 Å². The molecule has 0 saturated carbocycles. The Morgan fingerprint density at radius 3 is 2.83 bits per heavy atom. The van der Waals surface area contributed by atoms with Gasteiger partial charge in [0, 0.05) is 37.1 Å². The van der Waals surface area contributed by atoms with Gasteiger partial charge >= 0.3 is 0 Å². The molecule has 4 heteroatoms. The number of rotatable bonds is 3. The van der Waals surface area contributed by atoms with Crippen LogP contribution in [0, 0.1) is 5.92 Å². The molecule has 0 spiro atoms. The number of hydrogen-bond donors (Lipinski definition) is 1. The van der Waals surface area contributed by atoms with E-state index >= 15 is 0 Å². The molecule has 0 aromatic heterocycles. The molecule has 3 nitrogen and oxygen atoms in total. The Hall–Kier alpha value is -1.06. The van der Waals surface area contributed by atoms with Gasteiger partial charge in [-0.3, -0.25) is 4.79 Å². The predicted molar refractivity (Wildman–Crippen MR) is 73.8 cm³/mol. The fraction of sp³-hybridized carbons (Fsp3) is 0.500. The molecule has 1 aromatic rings. The van der Waals surface area contributed by atoms with Gasteiger partial charge in [0.15, 0.2) is 0 Å². The van der Waals surface area contributed by atoms with Crippen molar-refractivity contribution in [3.05, 3.63) is 34.9 Å². The van der Waals surface area contributed by atoms with E-state index in [9.17, 15) is 4.79 Å². The van der Waals surface area contributed by atoms with Gasteiger partial charge in [0.25, 0.3) is 0 Å². The van der Waals surface area contributed by atoms with E-state index in [0.717, 1.165) is 43.2 Å². The van der Waals surface area contributed by atoms with E-state index in [1.54, 1.807) is 0 Å². The maximum atomic E-state index is 12.3. The molecule has 98 valence electrons. The molecule has 0 bridgehead atoms. The molecule has 1 aromatic carbocycles. The van der Waals surface area contributed by atoms with Crippen molar-refractivity contribution < 1.29 is 4.79 Å². The number of nitrogens with zero attached hydrogens (tertiary/aromatic N) is 1. The van der Waals surface area contributed by atoms with Gasteiger partial charge in [-0.2, -0.15) is 0 Å². The van der Waals surface area contributed by atoms with Gasteiger partial charge in [-0.1, -0.05) is 30.7 Å². The minimum Gasteiger partial charge on any atom is -0.340 e. The zero-order chi connectivity index (χ0) is 13.0. The van der Waals surface area contributed by atoms with Crippen LogP contribution < -0.4 is 5.32 Å². The first-order valence-corrected chi connectivity index (χ1v) is 6.78. The first-order chi connectivity index (χ1) is 8.66. The van der Waals surface area contributed by atoms with Crippen LogP contribution in [-0.2, 0) is 11.2 Å². The highest BCUT2D eigenvalue weighted by molar-refractivity contribution is 6.30. The molecule has 1 unspecified atom stereocenters. The summed E-state index contributed by atoms with van der Waals surface area (Å²) >= 11 is 5.95. The zero-order valence-electron chi connectivity index (χ0n) is 10.7. The molecule has 0 aliphatic carbocycles. The standard InChI is InChI=1S/C14H19ClN2O/c1-11(9-12-3-2-4-13(15)10-12)14(18)17-7-5-16-6-8-17/h2-4,10-11,16H,5-9H2,1H3. The third kappa shape index (κ3) is 3.47. The number of halogens is 1. The van der Waals surface area contributed by atoms with Crippen LogP contribution in [0.2, 0.25) is 5.02 Å². The highest BCUT2D eigenvalue weighted by atomic mass is 35.5. The normalized spacial score (nSPS) is 17.6. The highest BCUT2D eigenvalue weighted by Gasteiger charge is 2.21. The van der Waals surface area contributed by atoms with E-state index < -0.39 is 0 Å². The van der Waals surface area contributed by atoms with E-state index in [1.165, 1.54) is 0 Å². The molecule has 1 atom stereocenters. The summed E-state index contributed by atoms with van der Waals surface area (Å²) in [4.78, 5) is 14.2. The topological polar surface area (TPSA) is 32.3 Å². The molecule has 1 N–H and O–H groups in total. The van der Waals surface area contributed by atoms with Crippen LogP contribution in [0.25, 0.3) is 0 Å². The zero-order valence-corrected chi connectivity index (χ0v) is 11.4. The number of hydrogen-bond acceptors (Lipinski definition) is 2. The molecule has 2 rings (SSSR count). The predicted octanol–water partition coefficient (Wildman–Crippen LogP) is 1.95. The van der Waals surface area contributed by atoms with Crippen LogP contribution in [0.1, 0.15) is 12.5 Å². The molecule has 1 saturated heterocycles. The maximum Gasteiger partial charge on any atom is 0.225 e. The monoisotopic (exact) mass is 266 g/mol. The van der Waals surface area contributed by atoms with Crippen molar-refractivity contribution >= 4 is 17.5 Å². The number of amides is 1. The van der Waals surface area contributed by atoms with E-state index in [2.05, 4.69) is 5.32 Å². The quantitative estimate of drug-likeness (QED) is 0.907. The fourth-order valence-electron chi connectivity index (χ4n) is 2.30. The van der Waals surface area contributed by atoms with Crippen molar-refractivity contribution in [2.24, 2.45) is 5.92 Å². The summed E-state index contributed by atoms with van der Waals surface area (Å²) in [5.41, 5.74) is 1.12. The lowest BCUT2D eigenvalue weighted by Gasteiger charge is -2.29. The summed E-state index contributed by atoms with van der Waals surface area (Å²) in [5, 5.41) is 3.99. The molecule has 1 aliphatic rings.